The molecule has 0 spiro atoms. The van der Waals surface area contributed by atoms with Crippen LogP contribution in [-0.4, -0.2) is 27.8 Å². The van der Waals surface area contributed by atoms with Crippen molar-refractivity contribution >= 4 is 11.8 Å². The number of carbonyl (C=O) groups is 1. The van der Waals surface area contributed by atoms with E-state index in [0.29, 0.717) is 18.6 Å². The lowest BCUT2D eigenvalue weighted by atomic mass is 10.0. The van der Waals surface area contributed by atoms with Crippen molar-refractivity contribution in [2.75, 3.05) is 0 Å². The molecule has 1 aromatic heterocycles. The van der Waals surface area contributed by atoms with Gasteiger partial charge in [-0.1, -0.05) is 0 Å². The second-order valence-electron chi connectivity index (χ2n) is 5.47. The summed E-state index contributed by atoms with van der Waals surface area (Å²) >= 11 is 0. The van der Waals surface area contributed by atoms with Crippen LogP contribution in [-0.2, 0) is 4.79 Å². The molecule has 2 N–H and O–H groups in total. The summed E-state index contributed by atoms with van der Waals surface area (Å²) in [6, 6.07) is 2.47. The second-order valence-corrected chi connectivity index (χ2v) is 5.47. The number of rotatable bonds is 3. The predicted octanol–water partition coefficient (Wildman–Crippen LogP) is 1.73. The van der Waals surface area contributed by atoms with Gasteiger partial charge in [0.1, 0.15) is 16.7 Å². The standard InChI is InChI=1S/C13H17N3O4/c14-9-2-1-3-11(17)15(8-4-5-8)13(9)10-6-7-12(20-10)16(18)19/h6-9,13H,1-5,14H2. The largest absolute Gasteiger partial charge is 0.433 e. The first-order valence-corrected chi connectivity index (χ1v) is 6.89. The molecule has 1 saturated heterocycles. The van der Waals surface area contributed by atoms with Crippen LogP contribution in [0.15, 0.2) is 16.5 Å². The molecule has 2 unspecified atom stereocenters. The summed E-state index contributed by atoms with van der Waals surface area (Å²) in [5.74, 6) is 0.190. The van der Waals surface area contributed by atoms with Crippen LogP contribution in [0.1, 0.15) is 43.9 Å². The molecule has 1 aliphatic heterocycles. The molecule has 7 heteroatoms. The highest BCUT2D eigenvalue weighted by atomic mass is 16.6. The summed E-state index contributed by atoms with van der Waals surface area (Å²) in [6.45, 7) is 0. The van der Waals surface area contributed by atoms with Gasteiger partial charge in [0.05, 0.1) is 6.07 Å². The minimum Gasteiger partial charge on any atom is -0.404 e. The van der Waals surface area contributed by atoms with E-state index in [9.17, 15) is 14.9 Å². The minimum atomic E-state index is -0.574. The highest BCUT2D eigenvalue weighted by molar-refractivity contribution is 5.77. The third kappa shape index (κ3) is 2.29. The van der Waals surface area contributed by atoms with Crippen molar-refractivity contribution in [3.63, 3.8) is 0 Å². The number of likely N-dealkylation sites (tertiary alicyclic amines) is 1. The fraction of sp³-hybridized carbons (Fsp3) is 0.615. The zero-order valence-corrected chi connectivity index (χ0v) is 11.0. The smallest absolute Gasteiger partial charge is 0.404 e. The Balaban J connectivity index is 1.95. The fourth-order valence-corrected chi connectivity index (χ4v) is 2.87. The lowest BCUT2D eigenvalue weighted by Gasteiger charge is -2.32. The van der Waals surface area contributed by atoms with E-state index in [1.807, 2.05) is 0 Å². The average Bonchev–Trinajstić information content (AvgIpc) is 3.13. The molecule has 2 heterocycles. The number of furan rings is 1. The Kier molecular flexibility index (Phi) is 3.21. The molecular weight excluding hydrogens is 262 g/mol. The molecule has 2 atom stereocenters. The topological polar surface area (TPSA) is 103 Å². The molecule has 1 aromatic rings. The summed E-state index contributed by atoms with van der Waals surface area (Å²) < 4.78 is 5.29. The van der Waals surface area contributed by atoms with Crippen LogP contribution in [0.25, 0.3) is 0 Å². The first-order valence-electron chi connectivity index (χ1n) is 6.89. The molecule has 0 radical (unpaired) electrons. The van der Waals surface area contributed by atoms with E-state index in [0.717, 1.165) is 19.3 Å². The van der Waals surface area contributed by atoms with Gasteiger partial charge in [0, 0.05) is 18.5 Å². The van der Waals surface area contributed by atoms with Crippen LogP contribution in [0.4, 0.5) is 5.88 Å². The quantitative estimate of drug-likeness (QED) is 0.670. The number of hydrogen-bond donors (Lipinski definition) is 1. The molecule has 1 aliphatic carbocycles. The molecule has 7 nitrogen and oxygen atoms in total. The summed E-state index contributed by atoms with van der Waals surface area (Å²) in [4.78, 5) is 24.2. The summed E-state index contributed by atoms with van der Waals surface area (Å²) in [5, 5.41) is 10.7. The first-order chi connectivity index (χ1) is 9.58. The minimum absolute atomic E-state index is 0.0736. The molecule has 1 saturated carbocycles. The van der Waals surface area contributed by atoms with Crippen molar-refractivity contribution in [3.05, 3.63) is 28.0 Å². The van der Waals surface area contributed by atoms with Crippen molar-refractivity contribution in [2.45, 2.75) is 50.2 Å². The van der Waals surface area contributed by atoms with Crippen LogP contribution >= 0.6 is 0 Å². The average molecular weight is 279 g/mol. The van der Waals surface area contributed by atoms with E-state index in [4.69, 9.17) is 10.2 Å². The van der Waals surface area contributed by atoms with E-state index in [-0.39, 0.29) is 29.9 Å². The van der Waals surface area contributed by atoms with E-state index < -0.39 is 4.92 Å². The van der Waals surface area contributed by atoms with Gasteiger partial charge >= 0.3 is 5.88 Å². The third-order valence-corrected chi connectivity index (χ3v) is 3.95. The third-order valence-electron chi connectivity index (χ3n) is 3.95. The van der Waals surface area contributed by atoms with E-state index >= 15 is 0 Å². The van der Waals surface area contributed by atoms with Gasteiger partial charge in [-0.2, -0.15) is 0 Å². The summed E-state index contributed by atoms with van der Waals surface area (Å²) in [6.07, 6.45) is 3.90. The fourth-order valence-electron chi connectivity index (χ4n) is 2.87. The molecule has 2 aliphatic rings. The van der Waals surface area contributed by atoms with Gasteiger partial charge in [0.25, 0.3) is 0 Å². The highest BCUT2D eigenvalue weighted by Crippen LogP contribution is 2.40. The van der Waals surface area contributed by atoms with Gasteiger partial charge in [-0.15, -0.1) is 0 Å². The van der Waals surface area contributed by atoms with Crippen LogP contribution in [0.2, 0.25) is 0 Å². The first kappa shape index (κ1) is 13.1. The lowest BCUT2D eigenvalue weighted by molar-refractivity contribution is -0.402. The van der Waals surface area contributed by atoms with E-state index in [2.05, 4.69) is 0 Å². The van der Waals surface area contributed by atoms with Gasteiger partial charge in [-0.05, 0) is 31.7 Å². The Bertz CT molecular complexity index is 537. The van der Waals surface area contributed by atoms with Gasteiger partial charge in [0.2, 0.25) is 5.91 Å². The monoisotopic (exact) mass is 279 g/mol. The number of carbonyl (C=O) groups excluding carboxylic acids is 1. The van der Waals surface area contributed by atoms with Gasteiger partial charge < -0.3 is 15.1 Å². The zero-order valence-electron chi connectivity index (χ0n) is 11.0. The lowest BCUT2D eigenvalue weighted by Crippen LogP contribution is -2.43. The van der Waals surface area contributed by atoms with Gasteiger partial charge in [-0.25, -0.2) is 0 Å². The van der Waals surface area contributed by atoms with Crippen molar-refractivity contribution in [1.82, 2.24) is 4.90 Å². The number of nitrogens with two attached hydrogens (primary N) is 1. The maximum absolute atomic E-state index is 12.3. The maximum Gasteiger partial charge on any atom is 0.433 e. The van der Waals surface area contributed by atoms with Crippen LogP contribution < -0.4 is 5.73 Å². The molecule has 3 rings (SSSR count). The molecular formula is C13H17N3O4. The number of amides is 1. The van der Waals surface area contributed by atoms with E-state index in [1.165, 1.54) is 6.07 Å². The van der Waals surface area contributed by atoms with E-state index in [1.54, 1.807) is 11.0 Å². The molecule has 1 amide bonds. The Morgan fingerprint density at radius 3 is 2.70 bits per heavy atom. The van der Waals surface area contributed by atoms with Gasteiger partial charge in [-0.3, -0.25) is 14.9 Å². The van der Waals surface area contributed by atoms with Crippen molar-refractivity contribution in [3.8, 4) is 0 Å². The number of hydrogen-bond acceptors (Lipinski definition) is 5. The summed E-state index contributed by atoms with van der Waals surface area (Å²) in [7, 11) is 0. The van der Waals surface area contributed by atoms with Crippen LogP contribution in [0.3, 0.4) is 0 Å². The molecule has 20 heavy (non-hydrogen) atoms. The molecule has 2 fully saturated rings. The van der Waals surface area contributed by atoms with Crippen LogP contribution in [0, 0.1) is 10.1 Å². The second kappa shape index (κ2) is 4.90. The maximum atomic E-state index is 12.3. The van der Waals surface area contributed by atoms with Gasteiger partial charge in [0.15, 0.2) is 0 Å². The Morgan fingerprint density at radius 2 is 2.10 bits per heavy atom. The predicted molar refractivity (Wildman–Crippen MR) is 69.8 cm³/mol. The Labute approximate surface area is 115 Å². The van der Waals surface area contributed by atoms with Crippen molar-refractivity contribution in [1.29, 1.82) is 0 Å². The number of nitro groups is 1. The Morgan fingerprint density at radius 1 is 1.35 bits per heavy atom. The molecule has 108 valence electrons. The molecule has 0 aromatic carbocycles. The van der Waals surface area contributed by atoms with Crippen LogP contribution in [0.5, 0.6) is 0 Å². The normalized spacial score (nSPS) is 27.4. The number of nitrogens with zero attached hydrogens (tertiary/aromatic N) is 2. The Hall–Kier alpha value is -1.89. The highest BCUT2D eigenvalue weighted by Gasteiger charge is 2.43. The molecule has 0 bridgehead atoms. The SMILES string of the molecule is NC1CCCC(=O)N(C2CC2)C1c1ccc([N+](=O)[O-])o1. The summed E-state index contributed by atoms with van der Waals surface area (Å²) in [5.41, 5.74) is 6.19. The zero-order chi connectivity index (χ0) is 14.3. The van der Waals surface area contributed by atoms with Crippen molar-refractivity contribution < 1.29 is 14.1 Å². The van der Waals surface area contributed by atoms with Crippen molar-refractivity contribution in [2.24, 2.45) is 5.73 Å².